The van der Waals surface area contributed by atoms with Crippen molar-refractivity contribution in [3.63, 3.8) is 0 Å². The van der Waals surface area contributed by atoms with Crippen LogP contribution in [0.1, 0.15) is 35.9 Å². The van der Waals surface area contributed by atoms with Gasteiger partial charge in [-0.05, 0) is 48.0 Å². The summed E-state index contributed by atoms with van der Waals surface area (Å²) < 4.78 is 11.3. The van der Waals surface area contributed by atoms with Crippen molar-refractivity contribution in [2.75, 3.05) is 13.2 Å². The van der Waals surface area contributed by atoms with Gasteiger partial charge in [-0.15, -0.1) is 0 Å². The molecular weight excluding hydrogens is 398 g/mol. The molecule has 3 rings (SSSR count). The number of rotatable bonds is 8. The number of hydrogen-bond donors (Lipinski definition) is 3. The Morgan fingerprint density at radius 3 is 2.47 bits per heavy atom. The SMILES string of the molecule is CC(C)c1ccc(OCCNNC(=S)NC(=O)c2ccc(-c3ccccc3)o2)cc1. The Hall–Kier alpha value is -3.16. The van der Waals surface area contributed by atoms with E-state index in [0.717, 1.165) is 11.3 Å². The summed E-state index contributed by atoms with van der Waals surface area (Å²) in [4.78, 5) is 12.3. The Kier molecular flexibility index (Phi) is 7.59. The van der Waals surface area contributed by atoms with Crippen molar-refractivity contribution in [2.45, 2.75) is 19.8 Å². The lowest BCUT2D eigenvalue weighted by molar-refractivity contribution is 0.0950. The highest BCUT2D eigenvalue weighted by Gasteiger charge is 2.13. The average molecular weight is 424 g/mol. The van der Waals surface area contributed by atoms with Gasteiger partial charge < -0.3 is 9.15 Å². The highest BCUT2D eigenvalue weighted by Crippen LogP contribution is 2.21. The second-order valence-electron chi connectivity index (χ2n) is 6.94. The fourth-order valence-corrected chi connectivity index (χ4v) is 2.89. The monoisotopic (exact) mass is 423 g/mol. The molecule has 0 fully saturated rings. The first kappa shape index (κ1) is 21.5. The van der Waals surface area contributed by atoms with E-state index in [-0.39, 0.29) is 10.9 Å². The second kappa shape index (κ2) is 10.6. The van der Waals surface area contributed by atoms with Gasteiger partial charge in [-0.1, -0.05) is 56.3 Å². The number of hydrazine groups is 1. The van der Waals surface area contributed by atoms with Crippen LogP contribution in [0.2, 0.25) is 0 Å². The Bertz CT molecular complexity index is 969. The molecular formula is C23H25N3O3S. The first-order valence-electron chi connectivity index (χ1n) is 9.75. The van der Waals surface area contributed by atoms with E-state index in [1.807, 2.05) is 42.5 Å². The van der Waals surface area contributed by atoms with Gasteiger partial charge in [0.1, 0.15) is 18.1 Å². The molecule has 1 amide bonds. The molecule has 3 aromatic rings. The third kappa shape index (κ3) is 6.17. The molecule has 1 heterocycles. The largest absolute Gasteiger partial charge is 0.492 e. The summed E-state index contributed by atoms with van der Waals surface area (Å²) in [6.45, 7) is 5.26. The molecule has 0 aliphatic carbocycles. The smallest absolute Gasteiger partial charge is 0.293 e. The van der Waals surface area contributed by atoms with Gasteiger partial charge in [0, 0.05) is 12.1 Å². The van der Waals surface area contributed by atoms with Gasteiger partial charge in [0.05, 0.1) is 0 Å². The van der Waals surface area contributed by atoms with Gasteiger partial charge in [0.15, 0.2) is 10.9 Å². The first-order chi connectivity index (χ1) is 14.5. The molecule has 6 nitrogen and oxygen atoms in total. The summed E-state index contributed by atoms with van der Waals surface area (Å²) in [5.41, 5.74) is 7.85. The van der Waals surface area contributed by atoms with Gasteiger partial charge in [0.25, 0.3) is 5.91 Å². The van der Waals surface area contributed by atoms with Crippen LogP contribution >= 0.6 is 12.2 Å². The summed E-state index contributed by atoms with van der Waals surface area (Å²) in [5.74, 6) is 1.69. The van der Waals surface area contributed by atoms with E-state index in [9.17, 15) is 4.79 Å². The molecule has 0 aliphatic rings. The van der Waals surface area contributed by atoms with E-state index in [1.54, 1.807) is 12.1 Å². The average Bonchev–Trinajstić information content (AvgIpc) is 3.25. The van der Waals surface area contributed by atoms with Crippen LogP contribution in [-0.4, -0.2) is 24.2 Å². The van der Waals surface area contributed by atoms with Crippen LogP contribution in [0.5, 0.6) is 5.75 Å². The van der Waals surface area contributed by atoms with Crippen molar-refractivity contribution in [1.82, 2.24) is 16.2 Å². The van der Waals surface area contributed by atoms with Crippen molar-refractivity contribution < 1.29 is 13.9 Å². The normalized spacial score (nSPS) is 10.6. The van der Waals surface area contributed by atoms with Crippen molar-refractivity contribution in [3.8, 4) is 17.1 Å². The van der Waals surface area contributed by atoms with E-state index in [4.69, 9.17) is 21.4 Å². The molecule has 0 atom stereocenters. The zero-order valence-electron chi connectivity index (χ0n) is 17.0. The Balaban J connectivity index is 1.36. The Morgan fingerprint density at radius 2 is 1.77 bits per heavy atom. The summed E-state index contributed by atoms with van der Waals surface area (Å²) in [6.07, 6.45) is 0. The molecule has 0 radical (unpaired) electrons. The highest BCUT2D eigenvalue weighted by atomic mass is 32.1. The molecule has 0 saturated heterocycles. The van der Waals surface area contributed by atoms with Crippen LogP contribution < -0.4 is 20.9 Å². The molecule has 7 heteroatoms. The minimum absolute atomic E-state index is 0.152. The summed E-state index contributed by atoms with van der Waals surface area (Å²) >= 11 is 5.12. The number of thiocarbonyl (C=S) groups is 1. The van der Waals surface area contributed by atoms with Crippen LogP contribution in [0.3, 0.4) is 0 Å². The third-order valence-corrected chi connectivity index (χ3v) is 4.56. The molecule has 0 saturated carbocycles. The van der Waals surface area contributed by atoms with Crippen LogP contribution in [0.4, 0.5) is 0 Å². The molecule has 0 unspecified atom stereocenters. The van der Waals surface area contributed by atoms with Crippen molar-refractivity contribution in [3.05, 3.63) is 78.1 Å². The number of amides is 1. The van der Waals surface area contributed by atoms with Crippen LogP contribution in [0.25, 0.3) is 11.3 Å². The van der Waals surface area contributed by atoms with E-state index in [2.05, 4.69) is 42.1 Å². The quantitative estimate of drug-likeness (QED) is 0.286. The van der Waals surface area contributed by atoms with Gasteiger partial charge in [-0.2, -0.15) is 0 Å². The number of hydrogen-bond acceptors (Lipinski definition) is 5. The summed E-state index contributed by atoms with van der Waals surface area (Å²) in [7, 11) is 0. The van der Waals surface area contributed by atoms with Crippen molar-refractivity contribution >= 4 is 23.2 Å². The lowest BCUT2D eigenvalue weighted by atomic mass is 10.0. The molecule has 3 N–H and O–H groups in total. The maximum atomic E-state index is 12.3. The zero-order chi connectivity index (χ0) is 21.3. The molecule has 2 aromatic carbocycles. The minimum Gasteiger partial charge on any atom is -0.492 e. The zero-order valence-corrected chi connectivity index (χ0v) is 17.8. The van der Waals surface area contributed by atoms with E-state index in [1.165, 1.54) is 5.56 Å². The predicted octanol–water partition coefficient (Wildman–Crippen LogP) is 4.26. The second-order valence-corrected chi connectivity index (χ2v) is 7.35. The fourth-order valence-electron chi connectivity index (χ4n) is 2.73. The number of ether oxygens (including phenoxy) is 1. The van der Waals surface area contributed by atoms with Gasteiger partial charge in [-0.3, -0.25) is 15.5 Å². The van der Waals surface area contributed by atoms with Crippen molar-refractivity contribution in [1.29, 1.82) is 0 Å². The van der Waals surface area contributed by atoms with Crippen LogP contribution in [-0.2, 0) is 0 Å². The van der Waals surface area contributed by atoms with Crippen molar-refractivity contribution in [2.24, 2.45) is 0 Å². The Labute approximate surface area is 181 Å². The third-order valence-electron chi connectivity index (χ3n) is 4.36. The first-order valence-corrected chi connectivity index (χ1v) is 10.2. The molecule has 0 bridgehead atoms. The van der Waals surface area contributed by atoms with Crippen LogP contribution in [0, 0.1) is 0 Å². The van der Waals surface area contributed by atoms with Gasteiger partial charge >= 0.3 is 0 Å². The number of benzene rings is 2. The van der Waals surface area contributed by atoms with Gasteiger partial charge in [-0.25, -0.2) is 5.43 Å². The summed E-state index contributed by atoms with van der Waals surface area (Å²) in [5, 5.41) is 2.72. The maximum Gasteiger partial charge on any atom is 0.293 e. The highest BCUT2D eigenvalue weighted by molar-refractivity contribution is 7.80. The molecule has 1 aromatic heterocycles. The molecule has 0 spiro atoms. The number of carbonyl (C=O) groups is 1. The topological polar surface area (TPSA) is 75.5 Å². The molecule has 30 heavy (non-hydrogen) atoms. The Morgan fingerprint density at radius 1 is 1.03 bits per heavy atom. The lowest BCUT2D eigenvalue weighted by Crippen LogP contribution is -2.47. The standard InChI is InChI=1S/C23H25N3O3S/c1-16(2)17-8-10-19(11-9-17)28-15-14-24-26-23(30)25-22(27)21-13-12-20(29-21)18-6-4-3-5-7-18/h3-13,16,24H,14-15H2,1-2H3,(H2,25,26,27,30). The van der Waals surface area contributed by atoms with E-state index < -0.39 is 5.91 Å². The van der Waals surface area contributed by atoms with Gasteiger partial charge in [0.2, 0.25) is 0 Å². The molecule has 156 valence electrons. The number of carbonyl (C=O) groups excluding carboxylic acids is 1. The number of nitrogens with one attached hydrogen (secondary N) is 3. The van der Waals surface area contributed by atoms with E-state index in [0.29, 0.717) is 24.8 Å². The summed E-state index contributed by atoms with van der Waals surface area (Å²) in [6, 6.07) is 21.0. The minimum atomic E-state index is -0.419. The number of furan rings is 1. The molecule has 0 aliphatic heterocycles. The lowest BCUT2D eigenvalue weighted by Gasteiger charge is -2.11. The predicted molar refractivity (Wildman–Crippen MR) is 121 cm³/mol. The van der Waals surface area contributed by atoms with Crippen LogP contribution in [0.15, 0.2) is 71.1 Å². The van der Waals surface area contributed by atoms with E-state index >= 15 is 0 Å². The fraction of sp³-hybridized carbons (Fsp3) is 0.217. The maximum absolute atomic E-state index is 12.3.